The fourth-order valence-corrected chi connectivity index (χ4v) is 2.72. The molecular weight excluding hydrogens is 350 g/mol. The summed E-state index contributed by atoms with van der Waals surface area (Å²) in [6, 6.07) is 17.9. The average Bonchev–Trinajstić information content (AvgIpc) is 2.63. The van der Waals surface area contributed by atoms with Gasteiger partial charge in [-0.2, -0.15) is 5.10 Å². The first-order chi connectivity index (χ1) is 12.5. The minimum absolute atomic E-state index is 0.174. The van der Waals surface area contributed by atoms with Crippen LogP contribution in [-0.2, 0) is 17.8 Å². The Morgan fingerprint density at radius 3 is 2.58 bits per heavy atom. The molecule has 0 unspecified atom stereocenters. The lowest BCUT2D eigenvalue weighted by atomic mass is 10.1. The van der Waals surface area contributed by atoms with Crippen molar-refractivity contribution in [1.29, 1.82) is 0 Å². The van der Waals surface area contributed by atoms with Gasteiger partial charge in [-0.15, -0.1) is 0 Å². The SMILES string of the molecule is CCc1ccc(-c2ccc(=O)n(CC(=O)Nc3cccc(Cl)c3)n2)cc1. The van der Waals surface area contributed by atoms with Gasteiger partial charge in [0.25, 0.3) is 5.56 Å². The summed E-state index contributed by atoms with van der Waals surface area (Å²) in [6.07, 6.45) is 0.955. The number of rotatable bonds is 5. The van der Waals surface area contributed by atoms with E-state index in [-0.39, 0.29) is 18.0 Å². The van der Waals surface area contributed by atoms with E-state index in [1.165, 1.54) is 11.6 Å². The Morgan fingerprint density at radius 1 is 1.12 bits per heavy atom. The minimum Gasteiger partial charge on any atom is -0.324 e. The molecular formula is C20H18ClN3O2. The molecule has 0 aliphatic heterocycles. The number of anilines is 1. The summed E-state index contributed by atoms with van der Waals surface area (Å²) in [5, 5.41) is 7.55. The van der Waals surface area contributed by atoms with Gasteiger partial charge >= 0.3 is 0 Å². The molecule has 0 aliphatic carbocycles. The zero-order valence-electron chi connectivity index (χ0n) is 14.3. The maximum Gasteiger partial charge on any atom is 0.267 e. The normalized spacial score (nSPS) is 10.5. The molecule has 1 heterocycles. The Labute approximate surface area is 156 Å². The predicted octanol–water partition coefficient (Wildman–Crippen LogP) is 3.76. The van der Waals surface area contributed by atoms with Gasteiger partial charge < -0.3 is 5.32 Å². The monoisotopic (exact) mass is 367 g/mol. The van der Waals surface area contributed by atoms with Gasteiger partial charge in [-0.25, -0.2) is 4.68 Å². The molecule has 132 valence electrons. The summed E-state index contributed by atoms with van der Waals surface area (Å²) in [6.45, 7) is 1.91. The molecule has 1 N–H and O–H groups in total. The predicted molar refractivity (Wildman–Crippen MR) is 103 cm³/mol. The van der Waals surface area contributed by atoms with Gasteiger partial charge in [-0.3, -0.25) is 9.59 Å². The van der Waals surface area contributed by atoms with Crippen LogP contribution in [0.25, 0.3) is 11.3 Å². The molecule has 0 atom stereocenters. The molecule has 3 aromatic rings. The third kappa shape index (κ3) is 4.37. The van der Waals surface area contributed by atoms with Crippen LogP contribution in [0.4, 0.5) is 5.69 Å². The molecule has 0 fully saturated rings. The number of nitrogens with zero attached hydrogens (tertiary/aromatic N) is 2. The summed E-state index contributed by atoms with van der Waals surface area (Å²) in [5.41, 5.74) is 3.00. The second-order valence-electron chi connectivity index (χ2n) is 5.82. The van der Waals surface area contributed by atoms with E-state index < -0.39 is 0 Å². The van der Waals surface area contributed by atoms with Crippen molar-refractivity contribution in [3.8, 4) is 11.3 Å². The summed E-state index contributed by atoms with van der Waals surface area (Å²) in [4.78, 5) is 24.3. The van der Waals surface area contributed by atoms with Gasteiger partial charge in [0.15, 0.2) is 0 Å². The first-order valence-corrected chi connectivity index (χ1v) is 8.66. The molecule has 6 heteroatoms. The lowest BCUT2D eigenvalue weighted by Gasteiger charge is -2.09. The van der Waals surface area contributed by atoms with Crippen molar-refractivity contribution < 1.29 is 4.79 Å². The van der Waals surface area contributed by atoms with Crippen molar-refractivity contribution in [2.75, 3.05) is 5.32 Å². The van der Waals surface area contributed by atoms with Crippen molar-refractivity contribution >= 4 is 23.2 Å². The summed E-state index contributed by atoms with van der Waals surface area (Å²) in [7, 11) is 0. The topological polar surface area (TPSA) is 64.0 Å². The molecule has 0 bridgehead atoms. The molecule has 0 radical (unpaired) electrons. The molecule has 1 aromatic heterocycles. The van der Waals surface area contributed by atoms with Crippen LogP contribution >= 0.6 is 11.6 Å². The maximum absolute atomic E-state index is 12.2. The van der Waals surface area contributed by atoms with Gasteiger partial charge in [-0.05, 0) is 36.2 Å². The fourth-order valence-electron chi connectivity index (χ4n) is 2.53. The summed E-state index contributed by atoms with van der Waals surface area (Å²) < 4.78 is 1.16. The zero-order valence-corrected chi connectivity index (χ0v) is 15.0. The first-order valence-electron chi connectivity index (χ1n) is 8.28. The van der Waals surface area contributed by atoms with Crippen LogP contribution in [0.1, 0.15) is 12.5 Å². The zero-order chi connectivity index (χ0) is 18.5. The van der Waals surface area contributed by atoms with Crippen LogP contribution in [0.5, 0.6) is 0 Å². The largest absolute Gasteiger partial charge is 0.324 e. The second kappa shape index (κ2) is 7.97. The molecule has 5 nitrogen and oxygen atoms in total. The number of benzene rings is 2. The van der Waals surface area contributed by atoms with Crippen LogP contribution in [0, 0.1) is 0 Å². The van der Waals surface area contributed by atoms with E-state index in [2.05, 4.69) is 17.3 Å². The van der Waals surface area contributed by atoms with Crippen LogP contribution < -0.4 is 10.9 Å². The Kier molecular flexibility index (Phi) is 5.49. The van der Waals surface area contributed by atoms with E-state index >= 15 is 0 Å². The van der Waals surface area contributed by atoms with E-state index in [1.54, 1.807) is 30.3 Å². The molecule has 0 aliphatic rings. The summed E-state index contributed by atoms with van der Waals surface area (Å²) in [5.74, 6) is -0.347. The Morgan fingerprint density at radius 2 is 1.88 bits per heavy atom. The van der Waals surface area contributed by atoms with Crippen LogP contribution in [0.3, 0.4) is 0 Å². The van der Waals surface area contributed by atoms with Gasteiger partial charge in [0.1, 0.15) is 6.54 Å². The second-order valence-corrected chi connectivity index (χ2v) is 6.26. The first kappa shape index (κ1) is 17.9. The smallest absolute Gasteiger partial charge is 0.267 e. The molecule has 0 spiro atoms. The quantitative estimate of drug-likeness (QED) is 0.746. The van der Waals surface area contributed by atoms with Crippen molar-refractivity contribution in [3.63, 3.8) is 0 Å². The van der Waals surface area contributed by atoms with E-state index in [0.717, 1.165) is 16.7 Å². The molecule has 1 amide bonds. The van der Waals surface area contributed by atoms with E-state index in [9.17, 15) is 9.59 Å². The lowest BCUT2D eigenvalue weighted by Crippen LogP contribution is -2.29. The van der Waals surface area contributed by atoms with Gasteiger partial charge in [0.2, 0.25) is 5.91 Å². The number of aromatic nitrogens is 2. The van der Waals surface area contributed by atoms with Crippen LogP contribution in [0.2, 0.25) is 5.02 Å². The van der Waals surface area contributed by atoms with E-state index in [4.69, 9.17) is 11.6 Å². The highest BCUT2D eigenvalue weighted by Gasteiger charge is 2.09. The van der Waals surface area contributed by atoms with Gasteiger partial charge in [0.05, 0.1) is 5.69 Å². The lowest BCUT2D eigenvalue weighted by molar-refractivity contribution is -0.117. The molecule has 26 heavy (non-hydrogen) atoms. The highest BCUT2D eigenvalue weighted by molar-refractivity contribution is 6.30. The number of carbonyl (C=O) groups is 1. The third-order valence-corrected chi connectivity index (χ3v) is 4.16. The number of aryl methyl sites for hydroxylation is 1. The number of halogens is 1. The van der Waals surface area contributed by atoms with E-state index in [1.807, 2.05) is 24.3 Å². The maximum atomic E-state index is 12.2. The highest BCUT2D eigenvalue weighted by Crippen LogP contribution is 2.17. The molecule has 0 saturated carbocycles. The Bertz CT molecular complexity index is 981. The minimum atomic E-state index is -0.347. The van der Waals surface area contributed by atoms with E-state index in [0.29, 0.717) is 16.4 Å². The number of hydrogen-bond acceptors (Lipinski definition) is 3. The third-order valence-electron chi connectivity index (χ3n) is 3.93. The average molecular weight is 368 g/mol. The molecule has 0 saturated heterocycles. The highest BCUT2D eigenvalue weighted by atomic mass is 35.5. The van der Waals surface area contributed by atoms with Crippen molar-refractivity contribution in [3.05, 3.63) is 81.6 Å². The number of carbonyl (C=O) groups excluding carboxylic acids is 1. The Balaban J connectivity index is 1.79. The van der Waals surface area contributed by atoms with Crippen LogP contribution in [0.15, 0.2) is 65.5 Å². The number of nitrogens with one attached hydrogen (secondary N) is 1. The molecule has 3 rings (SSSR count). The number of amides is 1. The molecule has 2 aromatic carbocycles. The van der Waals surface area contributed by atoms with Crippen molar-refractivity contribution in [2.24, 2.45) is 0 Å². The van der Waals surface area contributed by atoms with Gasteiger partial charge in [-0.1, -0.05) is 48.9 Å². The number of hydrogen-bond donors (Lipinski definition) is 1. The Hall–Kier alpha value is -2.92. The standard InChI is InChI=1S/C20H18ClN3O2/c1-2-14-6-8-15(9-7-14)18-10-11-20(26)24(23-18)13-19(25)22-17-5-3-4-16(21)12-17/h3-12H,2,13H2,1H3,(H,22,25). The van der Waals surface area contributed by atoms with Crippen LogP contribution in [-0.4, -0.2) is 15.7 Å². The van der Waals surface area contributed by atoms with Crippen molar-refractivity contribution in [1.82, 2.24) is 9.78 Å². The van der Waals surface area contributed by atoms with Crippen molar-refractivity contribution in [2.45, 2.75) is 19.9 Å². The van der Waals surface area contributed by atoms with Gasteiger partial charge in [0, 0.05) is 22.3 Å². The summed E-state index contributed by atoms with van der Waals surface area (Å²) >= 11 is 5.91. The fraction of sp³-hybridized carbons (Fsp3) is 0.150.